The maximum atomic E-state index is 11.7. The summed E-state index contributed by atoms with van der Waals surface area (Å²) in [5.41, 5.74) is 0. The Balaban J connectivity index is 1.69. The van der Waals surface area contributed by atoms with E-state index in [1.54, 1.807) is 31.2 Å². The van der Waals surface area contributed by atoms with Gasteiger partial charge >= 0.3 is 0 Å². The molecule has 0 aliphatic rings. The Kier molecular flexibility index (Phi) is 5.98. The number of carbonyl (C=O) groups is 2. The van der Waals surface area contributed by atoms with Crippen LogP contribution in [0.2, 0.25) is 5.02 Å². The van der Waals surface area contributed by atoms with E-state index in [2.05, 4.69) is 5.32 Å². The first-order chi connectivity index (χ1) is 10.5. The van der Waals surface area contributed by atoms with Crippen molar-refractivity contribution < 1.29 is 14.3 Å². The number of ether oxygens (including phenoxy) is 1. The summed E-state index contributed by atoms with van der Waals surface area (Å²) in [5, 5.41) is 3.41. The monoisotopic (exact) mass is 337 g/mol. The highest BCUT2D eigenvalue weighted by atomic mass is 35.5. The van der Waals surface area contributed by atoms with Gasteiger partial charge in [-0.1, -0.05) is 11.6 Å². The van der Waals surface area contributed by atoms with E-state index in [9.17, 15) is 9.59 Å². The summed E-state index contributed by atoms with van der Waals surface area (Å²) in [4.78, 5) is 24.7. The summed E-state index contributed by atoms with van der Waals surface area (Å²) >= 11 is 7.23. The molecule has 0 aliphatic carbocycles. The molecule has 6 heteroatoms. The van der Waals surface area contributed by atoms with Crippen LogP contribution in [-0.4, -0.2) is 24.8 Å². The van der Waals surface area contributed by atoms with Gasteiger partial charge in [-0.05, 0) is 49.7 Å². The Morgan fingerprint density at radius 3 is 2.55 bits per heavy atom. The second-order valence-electron chi connectivity index (χ2n) is 4.66. The van der Waals surface area contributed by atoms with Crippen LogP contribution < -0.4 is 10.1 Å². The predicted molar refractivity (Wildman–Crippen MR) is 88.0 cm³/mol. The lowest BCUT2D eigenvalue weighted by atomic mass is 10.3. The van der Waals surface area contributed by atoms with Crippen molar-refractivity contribution in [2.24, 2.45) is 0 Å². The smallest absolute Gasteiger partial charge is 0.257 e. The molecule has 1 aromatic carbocycles. The highest BCUT2D eigenvalue weighted by Gasteiger charge is 2.06. The number of ketones is 1. The molecule has 0 aliphatic heterocycles. The molecule has 1 aromatic heterocycles. The maximum absolute atomic E-state index is 11.7. The summed E-state index contributed by atoms with van der Waals surface area (Å²) in [6.07, 6.45) is 0.699. The molecule has 2 aromatic rings. The molecule has 116 valence electrons. The number of Topliss-reactive ketones (excluding diaryl/α,β-unsaturated/α-hetero) is 1. The van der Waals surface area contributed by atoms with Gasteiger partial charge < -0.3 is 10.1 Å². The minimum atomic E-state index is -0.182. The fourth-order valence-corrected chi connectivity index (χ4v) is 2.79. The molecule has 0 spiro atoms. The number of halogens is 1. The number of carbonyl (C=O) groups excluding carboxylic acids is 2. The summed E-state index contributed by atoms with van der Waals surface area (Å²) in [6, 6.07) is 10.6. The normalized spacial score (nSPS) is 10.3. The van der Waals surface area contributed by atoms with Crippen LogP contribution in [0.15, 0.2) is 36.4 Å². The maximum Gasteiger partial charge on any atom is 0.257 e. The summed E-state index contributed by atoms with van der Waals surface area (Å²) < 4.78 is 5.35. The SMILES string of the molecule is CC(=O)c1ccc(CCNC(=O)COc2ccc(Cl)cc2)s1. The number of hydrogen-bond acceptors (Lipinski definition) is 4. The van der Waals surface area contributed by atoms with Gasteiger partial charge in [-0.3, -0.25) is 9.59 Å². The van der Waals surface area contributed by atoms with E-state index in [0.717, 1.165) is 9.75 Å². The Morgan fingerprint density at radius 2 is 1.91 bits per heavy atom. The van der Waals surface area contributed by atoms with Crippen LogP contribution in [0.3, 0.4) is 0 Å². The quantitative estimate of drug-likeness (QED) is 0.788. The zero-order chi connectivity index (χ0) is 15.9. The first-order valence-corrected chi connectivity index (χ1v) is 7.99. The molecule has 1 heterocycles. The van der Waals surface area contributed by atoms with Gasteiger partial charge in [0.05, 0.1) is 4.88 Å². The molecular formula is C16H16ClNO3S. The second-order valence-corrected chi connectivity index (χ2v) is 6.27. The van der Waals surface area contributed by atoms with Gasteiger partial charge in [0, 0.05) is 16.4 Å². The molecule has 0 fully saturated rings. The lowest BCUT2D eigenvalue weighted by Crippen LogP contribution is -2.30. The predicted octanol–water partition coefficient (Wildman–Crippen LogP) is 3.34. The van der Waals surface area contributed by atoms with Crippen LogP contribution in [0.5, 0.6) is 5.75 Å². The molecule has 0 radical (unpaired) electrons. The molecule has 1 N–H and O–H groups in total. The molecule has 4 nitrogen and oxygen atoms in total. The number of rotatable bonds is 7. The van der Waals surface area contributed by atoms with Crippen LogP contribution in [0, 0.1) is 0 Å². The molecule has 0 bridgehead atoms. The largest absolute Gasteiger partial charge is 0.484 e. The van der Waals surface area contributed by atoms with Crippen LogP contribution in [0.1, 0.15) is 21.5 Å². The van der Waals surface area contributed by atoms with Crippen molar-refractivity contribution in [1.82, 2.24) is 5.32 Å². The van der Waals surface area contributed by atoms with Crippen LogP contribution in [0.4, 0.5) is 0 Å². The lowest BCUT2D eigenvalue weighted by molar-refractivity contribution is -0.123. The van der Waals surface area contributed by atoms with Crippen molar-refractivity contribution >= 4 is 34.6 Å². The number of hydrogen-bond donors (Lipinski definition) is 1. The fraction of sp³-hybridized carbons (Fsp3) is 0.250. The van der Waals surface area contributed by atoms with Crippen molar-refractivity contribution in [2.75, 3.05) is 13.2 Å². The van der Waals surface area contributed by atoms with E-state index in [0.29, 0.717) is 23.7 Å². The first kappa shape index (κ1) is 16.5. The summed E-state index contributed by atoms with van der Waals surface area (Å²) in [5.74, 6) is 0.485. The van der Waals surface area contributed by atoms with Crippen molar-refractivity contribution in [1.29, 1.82) is 0 Å². The van der Waals surface area contributed by atoms with Gasteiger partial charge in [0.25, 0.3) is 5.91 Å². The van der Waals surface area contributed by atoms with E-state index in [4.69, 9.17) is 16.3 Å². The van der Waals surface area contributed by atoms with Gasteiger partial charge in [0.2, 0.25) is 0 Å². The third kappa shape index (κ3) is 5.16. The van der Waals surface area contributed by atoms with Gasteiger partial charge in [-0.2, -0.15) is 0 Å². The van der Waals surface area contributed by atoms with Crippen molar-refractivity contribution in [3.05, 3.63) is 51.2 Å². The fourth-order valence-electron chi connectivity index (χ4n) is 1.76. The highest BCUT2D eigenvalue weighted by molar-refractivity contribution is 7.14. The first-order valence-electron chi connectivity index (χ1n) is 6.79. The van der Waals surface area contributed by atoms with Gasteiger partial charge in [0.15, 0.2) is 12.4 Å². The Bertz CT molecular complexity index is 652. The lowest BCUT2D eigenvalue weighted by Gasteiger charge is -2.07. The molecule has 0 atom stereocenters. The molecule has 0 unspecified atom stereocenters. The zero-order valence-corrected chi connectivity index (χ0v) is 13.7. The average Bonchev–Trinajstić information content (AvgIpc) is 2.96. The summed E-state index contributed by atoms with van der Waals surface area (Å²) in [7, 11) is 0. The van der Waals surface area contributed by atoms with Gasteiger partial charge in [0.1, 0.15) is 5.75 Å². The number of nitrogens with one attached hydrogen (secondary N) is 1. The third-order valence-electron chi connectivity index (χ3n) is 2.89. The zero-order valence-electron chi connectivity index (χ0n) is 12.1. The average molecular weight is 338 g/mol. The van der Waals surface area contributed by atoms with E-state index in [-0.39, 0.29) is 18.3 Å². The molecular weight excluding hydrogens is 322 g/mol. The van der Waals surface area contributed by atoms with Gasteiger partial charge in [-0.15, -0.1) is 11.3 Å². The standard InChI is InChI=1S/C16H16ClNO3S/c1-11(19)15-7-6-14(22-15)8-9-18-16(20)10-21-13-4-2-12(17)3-5-13/h2-7H,8-10H2,1H3,(H,18,20). The molecule has 22 heavy (non-hydrogen) atoms. The molecule has 0 saturated carbocycles. The Hall–Kier alpha value is -1.85. The Labute approximate surface area is 138 Å². The molecule has 0 saturated heterocycles. The van der Waals surface area contributed by atoms with E-state index in [1.165, 1.54) is 11.3 Å². The van der Waals surface area contributed by atoms with E-state index < -0.39 is 0 Å². The second kappa shape index (κ2) is 7.96. The minimum Gasteiger partial charge on any atom is -0.484 e. The van der Waals surface area contributed by atoms with E-state index in [1.807, 2.05) is 12.1 Å². The number of amides is 1. The molecule has 2 rings (SSSR count). The van der Waals surface area contributed by atoms with Gasteiger partial charge in [-0.25, -0.2) is 0 Å². The summed E-state index contributed by atoms with van der Waals surface area (Å²) in [6.45, 7) is 2.02. The van der Waals surface area contributed by atoms with E-state index >= 15 is 0 Å². The van der Waals surface area contributed by atoms with Crippen LogP contribution in [0.25, 0.3) is 0 Å². The Morgan fingerprint density at radius 1 is 1.18 bits per heavy atom. The van der Waals surface area contributed by atoms with Crippen LogP contribution >= 0.6 is 22.9 Å². The molecule has 1 amide bonds. The van der Waals surface area contributed by atoms with Crippen molar-refractivity contribution in [3.8, 4) is 5.75 Å². The highest BCUT2D eigenvalue weighted by Crippen LogP contribution is 2.17. The van der Waals surface area contributed by atoms with Crippen molar-refractivity contribution in [3.63, 3.8) is 0 Å². The minimum absolute atomic E-state index is 0.0369. The van der Waals surface area contributed by atoms with Crippen molar-refractivity contribution in [2.45, 2.75) is 13.3 Å². The van der Waals surface area contributed by atoms with Crippen LogP contribution in [-0.2, 0) is 11.2 Å². The number of benzene rings is 1. The topological polar surface area (TPSA) is 55.4 Å². The number of thiophene rings is 1. The third-order valence-corrected chi connectivity index (χ3v) is 4.38.